The third kappa shape index (κ3) is 3.00. The predicted molar refractivity (Wildman–Crippen MR) is 95.5 cm³/mol. The molecule has 0 aliphatic carbocycles. The van der Waals surface area contributed by atoms with Crippen molar-refractivity contribution in [1.29, 1.82) is 0 Å². The molecule has 1 aromatic carbocycles. The van der Waals surface area contributed by atoms with E-state index in [1.165, 1.54) is 4.68 Å². The van der Waals surface area contributed by atoms with Crippen molar-refractivity contribution < 1.29 is 9.32 Å². The highest BCUT2D eigenvalue weighted by atomic mass is 16.5. The van der Waals surface area contributed by atoms with Gasteiger partial charge in [0, 0.05) is 18.0 Å². The fourth-order valence-electron chi connectivity index (χ4n) is 3.54. The van der Waals surface area contributed by atoms with Crippen LogP contribution in [-0.2, 0) is 11.3 Å². The largest absolute Gasteiger partial charge is 0.361 e. The van der Waals surface area contributed by atoms with Crippen LogP contribution in [0.2, 0.25) is 0 Å². The van der Waals surface area contributed by atoms with E-state index in [0.29, 0.717) is 11.9 Å². The van der Waals surface area contributed by atoms with Gasteiger partial charge in [0.2, 0.25) is 5.91 Å². The first-order valence-electron chi connectivity index (χ1n) is 8.81. The second-order valence-corrected chi connectivity index (χ2v) is 6.66. The van der Waals surface area contributed by atoms with Crippen molar-refractivity contribution >= 4 is 16.7 Å². The number of nitrogens with zero attached hydrogens (tertiary/aromatic N) is 4. The van der Waals surface area contributed by atoms with Crippen LogP contribution in [0.15, 0.2) is 45.8 Å². The van der Waals surface area contributed by atoms with Crippen LogP contribution in [0, 0.1) is 6.92 Å². The lowest BCUT2D eigenvalue weighted by atomic mass is 9.99. The van der Waals surface area contributed by atoms with E-state index in [1.807, 2.05) is 31.2 Å². The highest BCUT2D eigenvalue weighted by Crippen LogP contribution is 2.30. The zero-order chi connectivity index (χ0) is 18.1. The molecule has 1 unspecified atom stereocenters. The molecule has 0 saturated carbocycles. The number of carbonyl (C=O) groups is 1. The normalized spacial score (nSPS) is 17.6. The van der Waals surface area contributed by atoms with Crippen LogP contribution in [0.25, 0.3) is 10.8 Å². The molecule has 7 heteroatoms. The van der Waals surface area contributed by atoms with Gasteiger partial charge in [-0.1, -0.05) is 23.4 Å². The molecule has 3 aromatic rings. The van der Waals surface area contributed by atoms with Crippen LogP contribution < -0.4 is 5.56 Å². The summed E-state index contributed by atoms with van der Waals surface area (Å²) < 4.78 is 6.42. The van der Waals surface area contributed by atoms with E-state index in [9.17, 15) is 9.59 Å². The van der Waals surface area contributed by atoms with E-state index in [0.717, 1.165) is 36.1 Å². The molecule has 1 amide bonds. The average molecular weight is 352 g/mol. The van der Waals surface area contributed by atoms with Crippen LogP contribution in [0.5, 0.6) is 0 Å². The standard InChI is InChI=1S/C19H20N4O3/c1-13-10-16(21-26-13)17-8-4-5-9-22(17)18(24)12-23-19(25)15-7-3-2-6-14(15)11-20-23/h2-3,6-7,10-11,17H,4-5,8-9,12H2,1H3. The van der Waals surface area contributed by atoms with Crippen molar-refractivity contribution in [1.82, 2.24) is 19.8 Å². The highest BCUT2D eigenvalue weighted by Gasteiger charge is 2.30. The Bertz CT molecular complexity index is 1010. The number of fused-ring (bicyclic) bond motifs is 1. The molecule has 7 nitrogen and oxygen atoms in total. The number of aromatic nitrogens is 3. The minimum atomic E-state index is -0.248. The number of piperidine rings is 1. The molecule has 0 spiro atoms. The van der Waals surface area contributed by atoms with Gasteiger partial charge < -0.3 is 9.42 Å². The zero-order valence-electron chi connectivity index (χ0n) is 14.6. The fraction of sp³-hybridized carbons (Fsp3) is 0.368. The summed E-state index contributed by atoms with van der Waals surface area (Å²) in [7, 11) is 0. The zero-order valence-corrected chi connectivity index (χ0v) is 14.6. The smallest absolute Gasteiger partial charge is 0.275 e. The lowest BCUT2D eigenvalue weighted by molar-refractivity contribution is -0.136. The summed E-state index contributed by atoms with van der Waals surface area (Å²) in [5.74, 6) is 0.602. The van der Waals surface area contributed by atoms with Gasteiger partial charge in [0.25, 0.3) is 5.56 Å². The van der Waals surface area contributed by atoms with Crippen LogP contribution in [0.4, 0.5) is 0 Å². The van der Waals surface area contributed by atoms with Gasteiger partial charge >= 0.3 is 0 Å². The monoisotopic (exact) mass is 352 g/mol. The van der Waals surface area contributed by atoms with Gasteiger partial charge in [-0.05, 0) is 32.3 Å². The van der Waals surface area contributed by atoms with Crippen molar-refractivity contribution in [2.24, 2.45) is 0 Å². The molecule has 0 N–H and O–H groups in total. The number of hydrogen-bond acceptors (Lipinski definition) is 5. The van der Waals surface area contributed by atoms with E-state index in [1.54, 1.807) is 17.2 Å². The van der Waals surface area contributed by atoms with Crippen LogP contribution in [0.1, 0.15) is 36.8 Å². The van der Waals surface area contributed by atoms with Crippen molar-refractivity contribution in [3.05, 3.63) is 58.3 Å². The quantitative estimate of drug-likeness (QED) is 0.723. The summed E-state index contributed by atoms with van der Waals surface area (Å²) in [5.41, 5.74) is 0.525. The minimum absolute atomic E-state index is 0.0724. The summed E-state index contributed by atoms with van der Waals surface area (Å²) >= 11 is 0. The summed E-state index contributed by atoms with van der Waals surface area (Å²) in [5, 5.41) is 9.59. The first kappa shape index (κ1) is 16.5. The molecule has 1 atom stereocenters. The number of amides is 1. The summed E-state index contributed by atoms with van der Waals surface area (Å²) in [6, 6.07) is 9.02. The molecule has 4 rings (SSSR count). The average Bonchev–Trinajstić information content (AvgIpc) is 3.10. The SMILES string of the molecule is Cc1cc(C2CCCCN2C(=O)Cn2ncc3ccccc3c2=O)no1. The number of rotatable bonds is 3. The van der Waals surface area contributed by atoms with Crippen molar-refractivity contribution in [3.63, 3.8) is 0 Å². The Kier molecular flexibility index (Phi) is 4.28. The third-order valence-electron chi connectivity index (χ3n) is 4.86. The van der Waals surface area contributed by atoms with Gasteiger partial charge in [-0.3, -0.25) is 9.59 Å². The van der Waals surface area contributed by atoms with Gasteiger partial charge in [-0.25, -0.2) is 4.68 Å². The Labute approximate surface area is 150 Å². The van der Waals surface area contributed by atoms with E-state index in [4.69, 9.17) is 4.52 Å². The highest BCUT2D eigenvalue weighted by molar-refractivity contribution is 5.81. The van der Waals surface area contributed by atoms with Crippen molar-refractivity contribution in [3.8, 4) is 0 Å². The summed E-state index contributed by atoms with van der Waals surface area (Å²) in [6.45, 7) is 2.42. The number of benzene rings is 1. The van der Waals surface area contributed by atoms with Gasteiger partial charge in [-0.15, -0.1) is 0 Å². The number of aryl methyl sites for hydroxylation is 1. The Balaban J connectivity index is 1.60. The number of likely N-dealkylation sites (tertiary alicyclic amines) is 1. The maximum atomic E-state index is 12.9. The Morgan fingerprint density at radius 1 is 1.31 bits per heavy atom. The Morgan fingerprint density at radius 2 is 2.15 bits per heavy atom. The lowest BCUT2D eigenvalue weighted by Crippen LogP contribution is -2.42. The summed E-state index contributed by atoms with van der Waals surface area (Å²) in [6.07, 6.45) is 4.45. The molecule has 1 saturated heterocycles. The van der Waals surface area contributed by atoms with E-state index < -0.39 is 0 Å². The molecular formula is C19H20N4O3. The van der Waals surface area contributed by atoms with E-state index in [2.05, 4.69) is 10.3 Å². The molecule has 3 heterocycles. The van der Waals surface area contributed by atoms with Gasteiger partial charge in [0.1, 0.15) is 18.0 Å². The van der Waals surface area contributed by atoms with Gasteiger partial charge in [0.05, 0.1) is 17.6 Å². The number of carbonyl (C=O) groups excluding carboxylic acids is 1. The second-order valence-electron chi connectivity index (χ2n) is 6.66. The van der Waals surface area contributed by atoms with Crippen molar-refractivity contribution in [2.75, 3.05) is 6.54 Å². The maximum Gasteiger partial charge on any atom is 0.275 e. The van der Waals surface area contributed by atoms with Crippen molar-refractivity contribution in [2.45, 2.75) is 38.8 Å². The molecule has 26 heavy (non-hydrogen) atoms. The molecule has 1 aliphatic heterocycles. The van der Waals surface area contributed by atoms with Crippen LogP contribution >= 0.6 is 0 Å². The summed E-state index contributed by atoms with van der Waals surface area (Å²) in [4.78, 5) is 27.3. The minimum Gasteiger partial charge on any atom is -0.361 e. The Hall–Kier alpha value is -2.96. The molecule has 0 bridgehead atoms. The van der Waals surface area contributed by atoms with Gasteiger partial charge in [0.15, 0.2) is 0 Å². The first-order valence-corrected chi connectivity index (χ1v) is 8.81. The lowest BCUT2D eigenvalue weighted by Gasteiger charge is -2.34. The number of hydrogen-bond donors (Lipinski definition) is 0. The topological polar surface area (TPSA) is 81.2 Å². The second kappa shape index (κ2) is 6.74. The molecule has 1 aliphatic rings. The Morgan fingerprint density at radius 3 is 2.96 bits per heavy atom. The predicted octanol–water partition coefficient (Wildman–Crippen LogP) is 2.45. The molecule has 2 aromatic heterocycles. The molecule has 0 radical (unpaired) electrons. The van der Waals surface area contributed by atoms with E-state index >= 15 is 0 Å². The van der Waals surface area contributed by atoms with E-state index in [-0.39, 0.29) is 24.1 Å². The maximum absolute atomic E-state index is 12.9. The van der Waals surface area contributed by atoms with Gasteiger partial charge in [-0.2, -0.15) is 5.10 Å². The third-order valence-corrected chi connectivity index (χ3v) is 4.86. The first-order chi connectivity index (χ1) is 12.6. The molecule has 134 valence electrons. The van der Waals surface area contributed by atoms with Crippen LogP contribution in [0.3, 0.4) is 0 Å². The molecular weight excluding hydrogens is 332 g/mol. The van der Waals surface area contributed by atoms with Crippen LogP contribution in [-0.4, -0.2) is 32.3 Å². The fourth-order valence-corrected chi connectivity index (χ4v) is 3.54. The molecule has 1 fully saturated rings.